The number of carbonyl (C=O) groups is 1. The Bertz CT molecular complexity index is 869. The predicted octanol–water partition coefficient (Wildman–Crippen LogP) is 1.36. The van der Waals surface area contributed by atoms with Gasteiger partial charge in [-0.15, -0.1) is 4.83 Å². The molecule has 2 aromatic carbocycles. The molecule has 8 nitrogen and oxygen atoms in total. The normalized spacial score (nSPS) is 11.0. The van der Waals surface area contributed by atoms with Crippen molar-refractivity contribution in [3.05, 3.63) is 70.0 Å². The van der Waals surface area contributed by atoms with Crippen LogP contribution in [0.5, 0.6) is 0 Å². The van der Waals surface area contributed by atoms with Crippen molar-refractivity contribution in [3.8, 4) is 0 Å². The van der Waals surface area contributed by atoms with E-state index in [1.54, 1.807) is 4.83 Å². The number of nitro benzene ring substituents is 1. The predicted molar refractivity (Wildman–Crippen MR) is 77.3 cm³/mol. The quantitative estimate of drug-likeness (QED) is 0.630. The second-order valence-electron chi connectivity index (χ2n) is 4.30. The van der Waals surface area contributed by atoms with Crippen molar-refractivity contribution in [2.75, 3.05) is 0 Å². The molecule has 0 spiro atoms. The Hall–Kier alpha value is -2.85. The van der Waals surface area contributed by atoms with Crippen molar-refractivity contribution in [3.63, 3.8) is 0 Å². The Kier molecular flexibility index (Phi) is 4.67. The number of carbonyl (C=O) groups excluding carboxylic acids is 1. The van der Waals surface area contributed by atoms with Crippen LogP contribution in [0.4, 0.5) is 10.1 Å². The molecule has 0 aliphatic rings. The molecule has 1 amide bonds. The van der Waals surface area contributed by atoms with E-state index in [1.807, 2.05) is 5.43 Å². The summed E-state index contributed by atoms with van der Waals surface area (Å²) in [6.07, 6.45) is 0. The summed E-state index contributed by atoms with van der Waals surface area (Å²) in [7, 11) is -4.31. The van der Waals surface area contributed by atoms with Gasteiger partial charge < -0.3 is 0 Å². The molecule has 0 aliphatic carbocycles. The highest BCUT2D eigenvalue weighted by molar-refractivity contribution is 7.89. The van der Waals surface area contributed by atoms with E-state index >= 15 is 0 Å². The number of hydrazine groups is 1. The lowest BCUT2D eigenvalue weighted by atomic mass is 10.2. The number of benzene rings is 2. The van der Waals surface area contributed by atoms with Crippen molar-refractivity contribution in [2.24, 2.45) is 0 Å². The maximum Gasteiger partial charge on any atom is 0.270 e. The number of nitro groups is 1. The minimum Gasteiger partial charge on any atom is -0.273 e. The zero-order chi connectivity index (χ0) is 17.0. The van der Waals surface area contributed by atoms with Crippen LogP contribution in [-0.4, -0.2) is 19.2 Å². The Morgan fingerprint density at radius 1 is 1.13 bits per heavy atom. The second-order valence-corrected chi connectivity index (χ2v) is 5.95. The first kappa shape index (κ1) is 16.5. The summed E-state index contributed by atoms with van der Waals surface area (Å²) in [6.45, 7) is 0. The molecule has 0 heterocycles. The van der Waals surface area contributed by atoms with Crippen LogP contribution < -0.4 is 10.3 Å². The van der Waals surface area contributed by atoms with Crippen molar-refractivity contribution < 1.29 is 22.5 Å². The summed E-state index contributed by atoms with van der Waals surface area (Å²) in [5.41, 5.74) is 1.41. The fraction of sp³-hybridized carbons (Fsp3) is 0. The lowest BCUT2D eigenvalue weighted by Crippen LogP contribution is -2.41. The largest absolute Gasteiger partial charge is 0.273 e. The van der Waals surface area contributed by atoms with E-state index in [0.717, 1.165) is 18.2 Å². The molecule has 0 fully saturated rings. The van der Waals surface area contributed by atoms with E-state index in [-0.39, 0.29) is 11.3 Å². The van der Waals surface area contributed by atoms with E-state index in [9.17, 15) is 27.7 Å². The van der Waals surface area contributed by atoms with E-state index < -0.39 is 31.6 Å². The maximum absolute atomic E-state index is 13.5. The van der Waals surface area contributed by atoms with Crippen molar-refractivity contribution >= 4 is 21.6 Å². The van der Waals surface area contributed by atoms with E-state index in [0.29, 0.717) is 0 Å². The number of hydrogen-bond acceptors (Lipinski definition) is 5. The van der Waals surface area contributed by atoms with E-state index in [1.165, 1.54) is 30.3 Å². The summed E-state index contributed by atoms with van der Waals surface area (Å²) in [5, 5.41) is 10.6. The highest BCUT2D eigenvalue weighted by atomic mass is 32.2. The number of rotatable bonds is 5. The van der Waals surface area contributed by atoms with Gasteiger partial charge >= 0.3 is 0 Å². The van der Waals surface area contributed by atoms with Crippen molar-refractivity contribution in [1.29, 1.82) is 0 Å². The standard InChI is InChI=1S/C13H10FN3O5S/c14-11-6-1-2-7-12(11)23(21,22)16-15-13(18)9-4-3-5-10(8-9)17(19)20/h1-8,16H,(H,15,18). The van der Waals surface area contributed by atoms with Crippen LogP contribution in [0.15, 0.2) is 53.4 Å². The van der Waals surface area contributed by atoms with Gasteiger partial charge in [-0.3, -0.25) is 20.3 Å². The van der Waals surface area contributed by atoms with Gasteiger partial charge in [0.15, 0.2) is 0 Å². The number of halogens is 1. The first-order valence-electron chi connectivity index (χ1n) is 6.12. The minimum atomic E-state index is -4.31. The van der Waals surface area contributed by atoms with E-state index in [4.69, 9.17) is 0 Å². The van der Waals surface area contributed by atoms with Crippen LogP contribution in [0.1, 0.15) is 10.4 Å². The number of non-ortho nitro benzene ring substituents is 1. The minimum absolute atomic E-state index is 0.129. The van der Waals surface area contributed by atoms with Gasteiger partial charge in [-0.2, -0.15) is 0 Å². The molecule has 120 valence electrons. The van der Waals surface area contributed by atoms with Gasteiger partial charge in [0.1, 0.15) is 10.7 Å². The molecule has 0 aromatic heterocycles. The average Bonchev–Trinajstić information content (AvgIpc) is 2.53. The zero-order valence-corrected chi connectivity index (χ0v) is 12.2. The van der Waals surface area contributed by atoms with Gasteiger partial charge in [0.05, 0.1) is 4.92 Å². The number of sulfonamides is 1. The Morgan fingerprint density at radius 3 is 2.48 bits per heavy atom. The van der Waals surface area contributed by atoms with Gasteiger partial charge in [-0.25, -0.2) is 12.8 Å². The lowest BCUT2D eigenvalue weighted by molar-refractivity contribution is -0.384. The van der Waals surface area contributed by atoms with Crippen molar-refractivity contribution in [1.82, 2.24) is 10.3 Å². The van der Waals surface area contributed by atoms with Crippen LogP contribution >= 0.6 is 0 Å². The zero-order valence-electron chi connectivity index (χ0n) is 11.4. The second kappa shape index (κ2) is 6.50. The molecule has 0 unspecified atom stereocenters. The molecule has 0 atom stereocenters. The number of nitrogens with one attached hydrogen (secondary N) is 2. The molecule has 0 saturated heterocycles. The monoisotopic (exact) mass is 339 g/mol. The SMILES string of the molecule is O=C(NNS(=O)(=O)c1ccccc1F)c1cccc([N+](=O)[O-])c1. The number of hydrogen-bond donors (Lipinski definition) is 2. The van der Waals surface area contributed by atoms with Gasteiger partial charge in [0.25, 0.3) is 21.6 Å². The Morgan fingerprint density at radius 2 is 1.83 bits per heavy atom. The summed E-state index contributed by atoms with van der Waals surface area (Å²) in [4.78, 5) is 22.9. The van der Waals surface area contributed by atoms with Crippen LogP contribution in [0.3, 0.4) is 0 Å². The summed E-state index contributed by atoms with van der Waals surface area (Å²) in [5.74, 6) is -1.90. The van der Waals surface area contributed by atoms with Crippen LogP contribution in [0, 0.1) is 15.9 Å². The van der Waals surface area contributed by atoms with Gasteiger partial charge in [0, 0.05) is 17.7 Å². The van der Waals surface area contributed by atoms with Crippen molar-refractivity contribution in [2.45, 2.75) is 4.90 Å². The molecule has 10 heteroatoms. The Labute approximate surface area is 130 Å². The summed E-state index contributed by atoms with van der Waals surface area (Å²) >= 11 is 0. The third-order valence-electron chi connectivity index (χ3n) is 2.74. The molecule has 2 N–H and O–H groups in total. The molecule has 0 bridgehead atoms. The lowest BCUT2D eigenvalue weighted by Gasteiger charge is -2.09. The first-order chi connectivity index (χ1) is 10.8. The molecule has 0 radical (unpaired) electrons. The maximum atomic E-state index is 13.5. The van der Waals surface area contributed by atoms with Crippen LogP contribution in [0.25, 0.3) is 0 Å². The van der Waals surface area contributed by atoms with Gasteiger partial charge in [0.2, 0.25) is 0 Å². The topological polar surface area (TPSA) is 118 Å². The fourth-order valence-electron chi connectivity index (χ4n) is 1.66. The molecule has 23 heavy (non-hydrogen) atoms. The molecular weight excluding hydrogens is 329 g/mol. The third kappa shape index (κ3) is 3.87. The summed E-state index contributed by atoms with van der Waals surface area (Å²) < 4.78 is 37.2. The molecule has 2 aromatic rings. The van der Waals surface area contributed by atoms with Crippen LogP contribution in [0.2, 0.25) is 0 Å². The van der Waals surface area contributed by atoms with Gasteiger partial charge in [-0.05, 0) is 18.2 Å². The fourth-order valence-corrected chi connectivity index (χ4v) is 2.58. The smallest absolute Gasteiger partial charge is 0.270 e. The van der Waals surface area contributed by atoms with Gasteiger partial charge in [-0.1, -0.05) is 18.2 Å². The van der Waals surface area contributed by atoms with E-state index in [2.05, 4.69) is 0 Å². The highest BCUT2D eigenvalue weighted by Crippen LogP contribution is 2.14. The first-order valence-corrected chi connectivity index (χ1v) is 7.61. The average molecular weight is 339 g/mol. The number of nitrogens with zero attached hydrogens (tertiary/aromatic N) is 1. The highest BCUT2D eigenvalue weighted by Gasteiger charge is 2.20. The Balaban J connectivity index is 2.14. The number of amides is 1. The molecule has 2 rings (SSSR count). The molecule has 0 aliphatic heterocycles. The summed E-state index contributed by atoms with van der Waals surface area (Å²) in [6, 6.07) is 9.31. The third-order valence-corrected chi connectivity index (χ3v) is 4.03. The molecule has 0 saturated carbocycles. The molecular formula is C13H10FN3O5S. The van der Waals surface area contributed by atoms with Crippen LogP contribution in [-0.2, 0) is 10.0 Å².